The number of non-ortho nitro benzene ring substituents is 1. The van der Waals surface area contributed by atoms with Gasteiger partial charge in [0.05, 0.1) is 11.0 Å². The molecular formula is C11H16N2O3. The number of nitrogens with one attached hydrogen (secondary N) is 1. The quantitative estimate of drug-likeness (QED) is 0.592. The van der Waals surface area contributed by atoms with Gasteiger partial charge < -0.3 is 10.4 Å². The highest BCUT2D eigenvalue weighted by Crippen LogP contribution is 2.15. The summed E-state index contributed by atoms with van der Waals surface area (Å²) in [6.07, 6.45) is -0.421. The number of rotatable bonds is 5. The van der Waals surface area contributed by atoms with Crippen molar-refractivity contribution in [2.75, 3.05) is 11.9 Å². The van der Waals surface area contributed by atoms with Crippen LogP contribution in [0, 0.1) is 16.0 Å². The van der Waals surface area contributed by atoms with Crippen molar-refractivity contribution in [1.29, 1.82) is 0 Å². The minimum Gasteiger partial charge on any atom is -0.391 e. The average molecular weight is 224 g/mol. The monoisotopic (exact) mass is 224 g/mol. The molecule has 16 heavy (non-hydrogen) atoms. The smallest absolute Gasteiger partial charge is 0.269 e. The third kappa shape index (κ3) is 3.51. The lowest BCUT2D eigenvalue weighted by molar-refractivity contribution is -0.384. The zero-order chi connectivity index (χ0) is 12.1. The van der Waals surface area contributed by atoms with Crippen molar-refractivity contribution in [2.45, 2.75) is 20.0 Å². The van der Waals surface area contributed by atoms with Gasteiger partial charge in [0, 0.05) is 24.4 Å². The Morgan fingerprint density at radius 1 is 1.38 bits per heavy atom. The Morgan fingerprint density at radius 2 is 1.94 bits per heavy atom. The van der Waals surface area contributed by atoms with Gasteiger partial charge in [0.25, 0.3) is 5.69 Å². The second-order valence-electron chi connectivity index (χ2n) is 4.00. The molecule has 88 valence electrons. The summed E-state index contributed by atoms with van der Waals surface area (Å²) in [4.78, 5) is 9.98. The Balaban J connectivity index is 2.53. The van der Waals surface area contributed by atoms with Crippen LogP contribution in [0.3, 0.4) is 0 Å². The lowest BCUT2D eigenvalue weighted by atomic mass is 10.1. The fourth-order valence-corrected chi connectivity index (χ4v) is 1.16. The van der Waals surface area contributed by atoms with Gasteiger partial charge in [0.15, 0.2) is 0 Å². The summed E-state index contributed by atoms with van der Waals surface area (Å²) in [7, 11) is 0. The second-order valence-corrected chi connectivity index (χ2v) is 4.00. The molecular weight excluding hydrogens is 208 g/mol. The van der Waals surface area contributed by atoms with Crippen LogP contribution in [0.4, 0.5) is 11.4 Å². The van der Waals surface area contributed by atoms with Gasteiger partial charge in [-0.3, -0.25) is 10.1 Å². The maximum atomic E-state index is 10.4. The zero-order valence-electron chi connectivity index (χ0n) is 9.38. The van der Waals surface area contributed by atoms with Crippen LogP contribution in [0.15, 0.2) is 24.3 Å². The van der Waals surface area contributed by atoms with Crippen LogP contribution in [0.25, 0.3) is 0 Å². The van der Waals surface area contributed by atoms with Gasteiger partial charge >= 0.3 is 0 Å². The Labute approximate surface area is 94.3 Å². The molecule has 0 aromatic heterocycles. The second kappa shape index (κ2) is 5.46. The fourth-order valence-electron chi connectivity index (χ4n) is 1.16. The van der Waals surface area contributed by atoms with Gasteiger partial charge in [0.2, 0.25) is 0 Å². The summed E-state index contributed by atoms with van der Waals surface area (Å²) < 4.78 is 0. The van der Waals surface area contributed by atoms with Crippen LogP contribution in [-0.4, -0.2) is 22.7 Å². The van der Waals surface area contributed by atoms with Gasteiger partial charge in [-0.25, -0.2) is 0 Å². The molecule has 0 aliphatic carbocycles. The summed E-state index contributed by atoms with van der Waals surface area (Å²) in [6.45, 7) is 4.31. The highest BCUT2D eigenvalue weighted by molar-refractivity contribution is 5.48. The molecule has 1 rings (SSSR count). The van der Waals surface area contributed by atoms with Crippen molar-refractivity contribution in [2.24, 2.45) is 5.92 Å². The number of nitro groups is 1. The first-order valence-corrected chi connectivity index (χ1v) is 5.17. The van der Waals surface area contributed by atoms with E-state index in [2.05, 4.69) is 5.32 Å². The van der Waals surface area contributed by atoms with Crippen molar-refractivity contribution in [3.63, 3.8) is 0 Å². The van der Waals surface area contributed by atoms with Crippen LogP contribution in [0.5, 0.6) is 0 Å². The molecule has 0 fully saturated rings. The SMILES string of the molecule is CC(C)C(O)CNc1ccc([N+](=O)[O-])cc1. The summed E-state index contributed by atoms with van der Waals surface area (Å²) in [5, 5.41) is 23.0. The predicted octanol–water partition coefficient (Wildman–Crippen LogP) is 2.02. The average Bonchev–Trinajstić information content (AvgIpc) is 2.26. The van der Waals surface area contributed by atoms with E-state index in [1.54, 1.807) is 12.1 Å². The van der Waals surface area contributed by atoms with Gasteiger partial charge in [-0.15, -0.1) is 0 Å². The minimum atomic E-state index is -0.438. The molecule has 1 atom stereocenters. The molecule has 0 aliphatic rings. The molecule has 5 heteroatoms. The van der Waals surface area contributed by atoms with Crippen molar-refractivity contribution in [3.05, 3.63) is 34.4 Å². The number of anilines is 1. The summed E-state index contributed by atoms with van der Waals surface area (Å²) in [5.74, 6) is 0.186. The van der Waals surface area contributed by atoms with E-state index in [1.807, 2.05) is 13.8 Å². The van der Waals surface area contributed by atoms with Crippen LogP contribution in [0.1, 0.15) is 13.8 Å². The van der Waals surface area contributed by atoms with E-state index in [4.69, 9.17) is 0 Å². The van der Waals surface area contributed by atoms with Crippen LogP contribution in [-0.2, 0) is 0 Å². The molecule has 0 amide bonds. The molecule has 0 radical (unpaired) electrons. The zero-order valence-corrected chi connectivity index (χ0v) is 9.38. The van der Waals surface area contributed by atoms with Crippen LogP contribution in [0.2, 0.25) is 0 Å². The highest BCUT2D eigenvalue weighted by Gasteiger charge is 2.09. The lowest BCUT2D eigenvalue weighted by Gasteiger charge is -2.15. The number of nitrogens with zero attached hydrogens (tertiary/aromatic N) is 1. The summed E-state index contributed by atoms with van der Waals surface area (Å²) in [5.41, 5.74) is 0.834. The van der Waals surface area contributed by atoms with Gasteiger partial charge in [0.1, 0.15) is 0 Å². The first kappa shape index (κ1) is 12.4. The number of hydrogen-bond donors (Lipinski definition) is 2. The number of nitro benzene ring substituents is 1. The van der Waals surface area contributed by atoms with E-state index in [9.17, 15) is 15.2 Å². The molecule has 0 saturated carbocycles. The molecule has 1 aromatic rings. The predicted molar refractivity (Wildman–Crippen MR) is 62.4 cm³/mol. The van der Waals surface area contributed by atoms with Crippen LogP contribution < -0.4 is 5.32 Å². The molecule has 5 nitrogen and oxygen atoms in total. The summed E-state index contributed by atoms with van der Waals surface area (Å²) >= 11 is 0. The van der Waals surface area contributed by atoms with Crippen molar-refractivity contribution in [1.82, 2.24) is 0 Å². The molecule has 1 aromatic carbocycles. The highest BCUT2D eigenvalue weighted by atomic mass is 16.6. The van der Waals surface area contributed by atoms with Crippen LogP contribution >= 0.6 is 0 Å². The van der Waals surface area contributed by atoms with E-state index in [0.717, 1.165) is 5.69 Å². The van der Waals surface area contributed by atoms with E-state index in [1.165, 1.54) is 12.1 Å². The van der Waals surface area contributed by atoms with Gasteiger partial charge in [-0.1, -0.05) is 13.8 Å². The van der Waals surface area contributed by atoms with E-state index >= 15 is 0 Å². The molecule has 0 bridgehead atoms. The van der Waals surface area contributed by atoms with E-state index < -0.39 is 11.0 Å². The number of aliphatic hydroxyl groups excluding tert-OH is 1. The topological polar surface area (TPSA) is 75.4 Å². The van der Waals surface area contributed by atoms with Gasteiger partial charge in [-0.05, 0) is 18.1 Å². The van der Waals surface area contributed by atoms with E-state index in [0.29, 0.717) is 6.54 Å². The molecule has 2 N–H and O–H groups in total. The standard InChI is InChI=1S/C11H16N2O3/c1-8(2)11(14)7-12-9-3-5-10(6-4-9)13(15)16/h3-6,8,11-12,14H,7H2,1-2H3. The maximum absolute atomic E-state index is 10.4. The van der Waals surface area contributed by atoms with Crippen molar-refractivity contribution >= 4 is 11.4 Å². The molecule has 0 saturated heterocycles. The molecule has 0 spiro atoms. The number of aliphatic hydroxyl groups is 1. The molecule has 0 aliphatic heterocycles. The Morgan fingerprint density at radius 3 is 2.38 bits per heavy atom. The van der Waals surface area contributed by atoms with E-state index in [-0.39, 0.29) is 11.6 Å². The first-order valence-electron chi connectivity index (χ1n) is 5.17. The van der Waals surface area contributed by atoms with Crippen molar-refractivity contribution < 1.29 is 10.0 Å². The van der Waals surface area contributed by atoms with Crippen molar-refractivity contribution in [3.8, 4) is 0 Å². The Hall–Kier alpha value is -1.62. The van der Waals surface area contributed by atoms with Gasteiger partial charge in [-0.2, -0.15) is 0 Å². The molecule has 1 unspecified atom stereocenters. The third-order valence-electron chi connectivity index (χ3n) is 2.36. The third-order valence-corrected chi connectivity index (χ3v) is 2.36. The normalized spacial score (nSPS) is 12.5. The largest absolute Gasteiger partial charge is 0.391 e. The Kier molecular flexibility index (Phi) is 4.25. The Bertz CT molecular complexity index is 349. The first-order chi connectivity index (χ1) is 7.50. The summed E-state index contributed by atoms with van der Waals surface area (Å²) in [6, 6.07) is 6.13. The number of hydrogen-bond acceptors (Lipinski definition) is 4. The minimum absolute atomic E-state index is 0.0648. The fraction of sp³-hybridized carbons (Fsp3) is 0.455. The lowest BCUT2D eigenvalue weighted by Crippen LogP contribution is -2.24. The number of benzene rings is 1. The maximum Gasteiger partial charge on any atom is 0.269 e. The molecule has 0 heterocycles.